The minimum absolute atomic E-state index is 0. The van der Waals surface area contributed by atoms with E-state index in [1.165, 1.54) is 0 Å². The van der Waals surface area contributed by atoms with Crippen LogP contribution in [0.5, 0.6) is 0 Å². The number of hydrogen-bond acceptors (Lipinski definition) is 4. The van der Waals surface area contributed by atoms with Gasteiger partial charge in [0.1, 0.15) is 0 Å². The number of rotatable bonds is 2. The van der Waals surface area contributed by atoms with Gasteiger partial charge >= 0.3 is 0 Å². The minimum Gasteiger partial charge on any atom is -0.285 e. The van der Waals surface area contributed by atoms with Crippen LogP contribution in [0.15, 0.2) is 0 Å². The van der Waals surface area contributed by atoms with Crippen LogP contribution in [0, 0.1) is 0 Å². The first-order valence-electron chi connectivity index (χ1n) is 1.61. The molecule has 78 valence electrons. The van der Waals surface area contributed by atoms with Gasteiger partial charge < -0.3 is 0 Å². The molecular formula is CH4Ag2O6S2. The Labute approximate surface area is 95.3 Å². The van der Waals surface area contributed by atoms with Crippen molar-refractivity contribution in [3.05, 3.63) is 0 Å². The van der Waals surface area contributed by atoms with Gasteiger partial charge in [0.05, 0.1) is 0 Å². The Morgan fingerprint density at radius 3 is 1.00 bits per heavy atom. The molecule has 0 saturated heterocycles. The standard InChI is InChI=1S/CH4O6S2.2Ag/c2-8(3,4)1-9(5,6)7;;/h1H2,(H,2,3,4)(H,5,6,7);;. The van der Waals surface area contributed by atoms with E-state index in [0.29, 0.717) is 0 Å². The van der Waals surface area contributed by atoms with E-state index in [9.17, 15) is 16.8 Å². The Morgan fingerprint density at radius 2 is 1.00 bits per heavy atom. The largest absolute Gasteiger partial charge is 0.285 e. The molecule has 0 aliphatic carbocycles. The molecule has 0 bridgehead atoms. The fourth-order valence-electron chi connectivity index (χ4n) is 0.188. The van der Waals surface area contributed by atoms with E-state index in [1.807, 2.05) is 0 Å². The van der Waals surface area contributed by atoms with Gasteiger partial charge in [0, 0.05) is 44.8 Å². The van der Waals surface area contributed by atoms with Crippen LogP contribution in [0.4, 0.5) is 0 Å². The zero-order valence-corrected chi connectivity index (χ0v) is 9.25. The van der Waals surface area contributed by atoms with Crippen molar-refractivity contribution < 1.29 is 70.7 Å². The molecule has 0 heterocycles. The maximum Gasteiger partial charge on any atom is 0.281 e. The molecule has 0 aromatic carbocycles. The van der Waals surface area contributed by atoms with Crippen molar-refractivity contribution in [3.63, 3.8) is 0 Å². The van der Waals surface area contributed by atoms with Gasteiger partial charge in [-0.2, -0.15) is 16.8 Å². The summed E-state index contributed by atoms with van der Waals surface area (Å²) in [5.74, 6) is 0. The van der Waals surface area contributed by atoms with E-state index < -0.39 is 25.3 Å². The van der Waals surface area contributed by atoms with E-state index in [4.69, 9.17) is 9.11 Å². The molecule has 2 N–H and O–H groups in total. The van der Waals surface area contributed by atoms with Crippen molar-refractivity contribution in [2.75, 3.05) is 5.08 Å². The number of hydrogen-bond donors (Lipinski definition) is 2. The van der Waals surface area contributed by atoms with Crippen LogP contribution < -0.4 is 0 Å². The average Bonchev–Trinajstić information content (AvgIpc) is 1.14. The van der Waals surface area contributed by atoms with Gasteiger partial charge in [-0.1, -0.05) is 0 Å². The molecule has 0 atom stereocenters. The van der Waals surface area contributed by atoms with Crippen LogP contribution in [0.1, 0.15) is 0 Å². The summed E-state index contributed by atoms with van der Waals surface area (Å²) in [6.45, 7) is 0. The summed E-state index contributed by atoms with van der Waals surface area (Å²) in [4.78, 5) is 0. The fourth-order valence-corrected chi connectivity index (χ4v) is 1.69. The molecule has 2 radical (unpaired) electrons. The molecule has 0 fully saturated rings. The monoisotopic (exact) mass is 390 g/mol. The van der Waals surface area contributed by atoms with Crippen LogP contribution in [0.2, 0.25) is 0 Å². The molecule has 0 aromatic heterocycles. The molecule has 11 heavy (non-hydrogen) atoms. The molecule has 0 rings (SSSR count). The summed E-state index contributed by atoms with van der Waals surface area (Å²) in [6, 6.07) is 0. The first-order chi connectivity index (χ1) is 3.71. The first kappa shape index (κ1) is 18.2. The van der Waals surface area contributed by atoms with E-state index >= 15 is 0 Å². The van der Waals surface area contributed by atoms with Gasteiger partial charge in [0.25, 0.3) is 20.2 Å². The van der Waals surface area contributed by atoms with Gasteiger partial charge in [0.2, 0.25) is 5.08 Å². The van der Waals surface area contributed by atoms with Crippen molar-refractivity contribution in [2.45, 2.75) is 0 Å². The summed E-state index contributed by atoms with van der Waals surface area (Å²) >= 11 is 0. The molecule has 0 aliphatic heterocycles. The smallest absolute Gasteiger partial charge is 0.281 e. The summed E-state index contributed by atoms with van der Waals surface area (Å²) < 4.78 is 54.2. The average molecular weight is 392 g/mol. The molecule has 0 spiro atoms. The molecular weight excluding hydrogens is 388 g/mol. The van der Waals surface area contributed by atoms with E-state index in [1.54, 1.807) is 0 Å². The second-order valence-electron chi connectivity index (χ2n) is 1.28. The van der Waals surface area contributed by atoms with Gasteiger partial charge in [0.15, 0.2) is 0 Å². The fraction of sp³-hybridized carbons (Fsp3) is 1.00. The zero-order valence-electron chi connectivity index (χ0n) is 4.65. The maximum atomic E-state index is 9.66. The van der Waals surface area contributed by atoms with Crippen molar-refractivity contribution in [1.82, 2.24) is 0 Å². The Morgan fingerprint density at radius 1 is 0.818 bits per heavy atom. The first-order valence-corrected chi connectivity index (χ1v) is 4.83. The van der Waals surface area contributed by atoms with Crippen LogP contribution in [-0.2, 0) is 65.0 Å². The molecule has 0 aliphatic rings. The van der Waals surface area contributed by atoms with Gasteiger partial charge in [-0.25, -0.2) is 0 Å². The predicted molar refractivity (Wildman–Crippen MR) is 28.0 cm³/mol. The van der Waals surface area contributed by atoms with Gasteiger partial charge in [-0.05, 0) is 0 Å². The van der Waals surface area contributed by atoms with Crippen molar-refractivity contribution in [3.8, 4) is 0 Å². The van der Waals surface area contributed by atoms with Crippen LogP contribution >= 0.6 is 0 Å². The van der Waals surface area contributed by atoms with E-state index in [-0.39, 0.29) is 44.8 Å². The second-order valence-corrected chi connectivity index (χ2v) is 4.55. The normalized spacial score (nSPS) is 11.1. The Hall–Kier alpha value is 1.30. The molecule has 0 aromatic rings. The third kappa shape index (κ3) is 18.3. The van der Waals surface area contributed by atoms with Crippen LogP contribution in [0.3, 0.4) is 0 Å². The van der Waals surface area contributed by atoms with E-state index in [0.717, 1.165) is 0 Å². The molecule has 10 heteroatoms. The summed E-state index contributed by atoms with van der Waals surface area (Å²) in [5, 5.41) is -1.65. The van der Waals surface area contributed by atoms with Crippen LogP contribution in [0.25, 0.3) is 0 Å². The van der Waals surface area contributed by atoms with Crippen LogP contribution in [-0.4, -0.2) is 31.0 Å². The third-order valence-corrected chi connectivity index (χ3v) is 2.68. The van der Waals surface area contributed by atoms with Gasteiger partial charge in [-0.15, -0.1) is 0 Å². The third-order valence-electron chi connectivity index (χ3n) is 0.298. The van der Waals surface area contributed by atoms with Crippen molar-refractivity contribution in [2.24, 2.45) is 0 Å². The van der Waals surface area contributed by atoms with Crippen molar-refractivity contribution >= 4 is 20.2 Å². The summed E-state index contributed by atoms with van der Waals surface area (Å²) in [7, 11) is -9.24. The Kier molecular flexibility index (Phi) is 9.68. The quantitative estimate of drug-likeness (QED) is 0.448. The predicted octanol–water partition coefficient (Wildman–Crippen LogP) is -1.29. The SMILES string of the molecule is O=S(=O)(O)CS(=O)(=O)O.[Ag].[Ag]. The van der Waals surface area contributed by atoms with Gasteiger partial charge in [-0.3, -0.25) is 9.11 Å². The second kappa shape index (κ2) is 5.86. The molecule has 0 amide bonds. The zero-order chi connectivity index (χ0) is 7.71. The Bertz CT molecular complexity index is 244. The topological polar surface area (TPSA) is 109 Å². The van der Waals surface area contributed by atoms with Crippen molar-refractivity contribution in [1.29, 1.82) is 0 Å². The molecule has 6 nitrogen and oxygen atoms in total. The van der Waals surface area contributed by atoms with E-state index in [2.05, 4.69) is 0 Å². The molecule has 0 unspecified atom stereocenters. The minimum atomic E-state index is -4.62. The summed E-state index contributed by atoms with van der Waals surface area (Å²) in [5.41, 5.74) is 0. The summed E-state index contributed by atoms with van der Waals surface area (Å²) in [6.07, 6.45) is 0. The molecule has 0 saturated carbocycles. The maximum absolute atomic E-state index is 9.66. The Balaban J connectivity index is -0.000000320.